The van der Waals surface area contributed by atoms with Crippen LogP contribution in [0.15, 0.2) is 30.3 Å². The number of amides is 1. The number of aromatic hydroxyl groups is 1. The molecule has 3 atom stereocenters. The van der Waals surface area contributed by atoms with Gasteiger partial charge in [0.25, 0.3) is 11.2 Å². The number of carbonyl (C=O) groups excluding carboxylic acids is 2. The SMILES string of the molecule is CCOC(=O)C(C)NC(=O)c1cc(Cc2c(C)cc(C(C)(O)[PH+]=O)cc2C)ccc1O. The molecule has 0 aliphatic rings. The van der Waals surface area contributed by atoms with Gasteiger partial charge in [-0.2, -0.15) is 0 Å². The van der Waals surface area contributed by atoms with E-state index >= 15 is 0 Å². The van der Waals surface area contributed by atoms with E-state index in [2.05, 4.69) is 5.32 Å². The summed E-state index contributed by atoms with van der Waals surface area (Å²) >= 11 is 0. The van der Waals surface area contributed by atoms with Crippen molar-refractivity contribution in [3.63, 3.8) is 0 Å². The van der Waals surface area contributed by atoms with Crippen molar-refractivity contribution in [3.05, 3.63) is 63.7 Å². The van der Waals surface area contributed by atoms with Gasteiger partial charge in [0.1, 0.15) is 11.8 Å². The summed E-state index contributed by atoms with van der Waals surface area (Å²) in [7, 11) is -0.886. The van der Waals surface area contributed by atoms with E-state index in [1.165, 1.54) is 19.9 Å². The lowest BCUT2D eigenvalue weighted by molar-refractivity contribution is -0.144. The van der Waals surface area contributed by atoms with E-state index in [1.54, 1.807) is 19.1 Å². The quantitative estimate of drug-likeness (QED) is 0.423. The Labute approximate surface area is 183 Å². The average Bonchev–Trinajstić information content (AvgIpc) is 2.71. The van der Waals surface area contributed by atoms with Gasteiger partial charge in [-0.15, -0.1) is 0 Å². The van der Waals surface area contributed by atoms with Crippen LogP contribution >= 0.6 is 8.46 Å². The number of aliphatic hydroxyl groups is 1. The van der Waals surface area contributed by atoms with E-state index in [9.17, 15) is 24.4 Å². The molecule has 3 N–H and O–H groups in total. The van der Waals surface area contributed by atoms with Crippen molar-refractivity contribution in [3.8, 4) is 5.75 Å². The molecule has 2 aromatic rings. The summed E-state index contributed by atoms with van der Waals surface area (Å²) in [6, 6.07) is 7.53. The zero-order valence-corrected chi connectivity index (χ0v) is 19.4. The van der Waals surface area contributed by atoms with Gasteiger partial charge in [-0.05, 0) is 80.6 Å². The molecule has 0 heterocycles. The number of benzene rings is 2. The molecular formula is C23H29NO6P+. The minimum atomic E-state index is -1.41. The van der Waals surface area contributed by atoms with E-state index in [4.69, 9.17) is 4.74 Å². The van der Waals surface area contributed by atoms with E-state index in [0.717, 1.165) is 22.3 Å². The molecule has 1 amide bonds. The third kappa shape index (κ3) is 5.90. The van der Waals surface area contributed by atoms with Crippen LogP contribution in [0.1, 0.15) is 58.9 Å². The molecule has 166 valence electrons. The molecule has 0 spiro atoms. The number of nitrogens with one attached hydrogen (secondary N) is 1. The molecule has 2 aromatic carbocycles. The maximum absolute atomic E-state index is 12.6. The monoisotopic (exact) mass is 446 g/mol. The molecule has 8 heteroatoms. The molecule has 31 heavy (non-hydrogen) atoms. The van der Waals surface area contributed by atoms with Crippen LogP contribution in [0.3, 0.4) is 0 Å². The smallest absolute Gasteiger partial charge is 0.364 e. The highest BCUT2D eigenvalue weighted by molar-refractivity contribution is 7.25. The number of hydrogen-bond acceptors (Lipinski definition) is 6. The van der Waals surface area contributed by atoms with Crippen molar-refractivity contribution in [1.29, 1.82) is 0 Å². The second-order valence-electron chi connectivity index (χ2n) is 7.74. The summed E-state index contributed by atoms with van der Waals surface area (Å²) < 4.78 is 16.2. The Morgan fingerprint density at radius 2 is 1.81 bits per heavy atom. The van der Waals surface area contributed by atoms with Crippen LogP contribution < -0.4 is 5.32 Å². The Kier molecular flexibility index (Phi) is 7.93. The Hall–Kier alpha value is -2.76. The number of ether oxygens (including phenoxy) is 1. The summed E-state index contributed by atoms with van der Waals surface area (Å²) in [5, 5.41) is 21.6. The predicted octanol–water partition coefficient (Wildman–Crippen LogP) is 3.47. The fourth-order valence-corrected chi connectivity index (χ4v) is 3.55. The van der Waals surface area contributed by atoms with E-state index in [1.807, 2.05) is 26.0 Å². The Balaban J connectivity index is 2.29. The lowest BCUT2D eigenvalue weighted by Gasteiger charge is -2.17. The molecule has 0 fully saturated rings. The van der Waals surface area contributed by atoms with Gasteiger partial charge in [-0.3, -0.25) is 4.79 Å². The van der Waals surface area contributed by atoms with Crippen molar-refractivity contribution >= 4 is 20.3 Å². The van der Waals surface area contributed by atoms with E-state index in [0.29, 0.717) is 12.0 Å². The molecule has 0 aliphatic heterocycles. The molecule has 0 aliphatic carbocycles. The second kappa shape index (κ2) is 10.0. The first kappa shape index (κ1) is 24.5. The first-order chi connectivity index (χ1) is 14.5. The largest absolute Gasteiger partial charge is 0.507 e. The summed E-state index contributed by atoms with van der Waals surface area (Å²) in [4.78, 5) is 24.3. The fourth-order valence-electron chi connectivity index (χ4n) is 3.29. The van der Waals surface area contributed by atoms with Crippen molar-refractivity contribution in [2.45, 2.75) is 52.4 Å². The third-order valence-electron chi connectivity index (χ3n) is 5.13. The Bertz CT molecular complexity index is 979. The van der Waals surface area contributed by atoms with Crippen LogP contribution in [0.2, 0.25) is 0 Å². The van der Waals surface area contributed by atoms with Gasteiger partial charge in [0.05, 0.1) is 12.2 Å². The maximum atomic E-state index is 12.6. The van der Waals surface area contributed by atoms with Gasteiger partial charge >= 0.3 is 14.4 Å². The number of carbonyl (C=O) groups is 2. The maximum Gasteiger partial charge on any atom is 0.364 e. The first-order valence-electron chi connectivity index (χ1n) is 10.0. The molecule has 0 radical (unpaired) electrons. The van der Waals surface area contributed by atoms with Crippen LogP contribution in [0, 0.1) is 13.8 Å². The molecule has 3 unspecified atom stereocenters. The number of rotatable bonds is 8. The molecule has 7 nitrogen and oxygen atoms in total. The Morgan fingerprint density at radius 3 is 2.35 bits per heavy atom. The zero-order chi connectivity index (χ0) is 23.3. The minimum Gasteiger partial charge on any atom is -0.507 e. The molecular weight excluding hydrogens is 417 g/mol. The summed E-state index contributed by atoms with van der Waals surface area (Å²) in [5.41, 5.74) is 4.29. The van der Waals surface area contributed by atoms with Crippen LogP contribution in [0.4, 0.5) is 0 Å². The molecule has 2 rings (SSSR count). The first-order valence-corrected chi connectivity index (χ1v) is 10.9. The van der Waals surface area contributed by atoms with E-state index < -0.39 is 31.7 Å². The second-order valence-corrected chi connectivity index (χ2v) is 8.92. The number of hydrogen-bond donors (Lipinski definition) is 3. The fraction of sp³-hybridized carbons (Fsp3) is 0.391. The number of esters is 1. The van der Waals surface area contributed by atoms with Crippen molar-refractivity contribution < 1.29 is 29.1 Å². The topological polar surface area (TPSA) is 113 Å². The van der Waals surface area contributed by atoms with Crippen LogP contribution in [-0.4, -0.2) is 34.7 Å². The molecule has 0 aromatic heterocycles. The lowest BCUT2D eigenvalue weighted by atomic mass is 9.92. The number of phenolic OH excluding ortho intramolecular Hbond substituents is 1. The van der Waals surface area contributed by atoms with Crippen LogP contribution in [0.25, 0.3) is 0 Å². The number of phenols is 1. The van der Waals surface area contributed by atoms with Crippen molar-refractivity contribution in [2.24, 2.45) is 0 Å². The van der Waals surface area contributed by atoms with Crippen LogP contribution in [-0.2, 0) is 25.9 Å². The molecule has 0 bridgehead atoms. The normalized spacial score (nSPS) is 14.0. The third-order valence-corrected chi connectivity index (χ3v) is 5.82. The van der Waals surface area contributed by atoms with Gasteiger partial charge in [0.15, 0.2) is 0 Å². The van der Waals surface area contributed by atoms with Gasteiger partial charge in [0, 0.05) is 12.5 Å². The highest BCUT2D eigenvalue weighted by Crippen LogP contribution is 2.34. The minimum absolute atomic E-state index is 0.0658. The zero-order valence-electron chi connectivity index (χ0n) is 18.4. The summed E-state index contributed by atoms with van der Waals surface area (Å²) in [6.07, 6.45) is 0.494. The highest BCUT2D eigenvalue weighted by Gasteiger charge is 2.32. The average molecular weight is 446 g/mol. The van der Waals surface area contributed by atoms with Gasteiger partial charge in [-0.1, -0.05) is 10.6 Å². The highest BCUT2D eigenvalue weighted by atomic mass is 31.1. The van der Waals surface area contributed by atoms with Gasteiger partial charge in [0.2, 0.25) is 0 Å². The van der Waals surface area contributed by atoms with Crippen molar-refractivity contribution in [2.75, 3.05) is 6.61 Å². The Morgan fingerprint density at radius 1 is 1.19 bits per heavy atom. The molecule has 0 saturated carbocycles. The predicted molar refractivity (Wildman–Crippen MR) is 119 cm³/mol. The summed E-state index contributed by atoms with van der Waals surface area (Å²) in [6.45, 7) is 8.73. The molecule has 0 saturated heterocycles. The standard InChI is InChI=1S/C23H28NO6P/c1-6-30-22(27)15(4)24-21(26)19-12-16(7-8-20(19)25)11-18-13(2)9-17(10-14(18)3)23(5,28)31-29/h7-10,12,15,25,28H,6,11H2,1-5H3,(H,24,26)/p+1. The van der Waals surface area contributed by atoms with E-state index in [-0.39, 0.29) is 17.9 Å². The van der Waals surface area contributed by atoms with Gasteiger partial charge < -0.3 is 20.3 Å². The van der Waals surface area contributed by atoms with Crippen molar-refractivity contribution in [1.82, 2.24) is 5.32 Å². The van der Waals surface area contributed by atoms with Crippen LogP contribution in [0.5, 0.6) is 5.75 Å². The summed E-state index contributed by atoms with van der Waals surface area (Å²) in [5.74, 6) is -1.31. The van der Waals surface area contributed by atoms with Gasteiger partial charge in [-0.25, -0.2) is 4.79 Å². The number of aryl methyl sites for hydroxylation is 2. The lowest BCUT2D eigenvalue weighted by Crippen LogP contribution is -2.39.